The fourth-order valence-electron chi connectivity index (χ4n) is 3.56. The van der Waals surface area contributed by atoms with Crippen LogP contribution in [0.25, 0.3) is 11.4 Å². The van der Waals surface area contributed by atoms with Gasteiger partial charge in [-0.25, -0.2) is 0 Å². The number of anilines is 1. The molecule has 1 amide bonds. The van der Waals surface area contributed by atoms with Crippen LogP contribution >= 0.6 is 11.6 Å². The van der Waals surface area contributed by atoms with E-state index >= 15 is 0 Å². The Balaban J connectivity index is 1.28. The molecular formula is C24H18ClN3O3. The number of aromatic nitrogens is 2. The molecular weight excluding hydrogens is 414 g/mol. The summed E-state index contributed by atoms with van der Waals surface area (Å²) in [5.41, 5.74) is 1.69. The monoisotopic (exact) mass is 431 g/mol. The van der Waals surface area contributed by atoms with Crippen LogP contribution in [0.2, 0.25) is 5.02 Å². The van der Waals surface area contributed by atoms with E-state index < -0.39 is 0 Å². The highest BCUT2D eigenvalue weighted by Crippen LogP contribution is 2.32. The minimum absolute atomic E-state index is 0.0552. The summed E-state index contributed by atoms with van der Waals surface area (Å²) in [6, 6.07) is 24.2. The van der Waals surface area contributed by atoms with Crippen molar-refractivity contribution in [3.63, 3.8) is 0 Å². The van der Waals surface area contributed by atoms with Crippen molar-refractivity contribution in [1.82, 2.24) is 10.1 Å². The molecule has 5 rings (SSSR count). The maximum atomic E-state index is 12.5. The van der Waals surface area contributed by atoms with Gasteiger partial charge in [-0.05, 0) is 60.7 Å². The fourth-order valence-corrected chi connectivity index (χ4v) is 3.69. The van der Waals surface area contributed by atoms with E-state index in [-0.39, 0.29) is 11.8 Å². The maximum absolute atomic E-state index is 12.5. The number of para-hydroxylation sites is 1. The van der Waals surface area contributed by atoms with Crippen LogP contribution in [0.5, 0.6) is 11.5 Å². The SMILES string of the molecule is O=C1C[C@@H](c2nc(-c3ccc(Oc4ccc(Cl)cc4)cc3)no2)CN1c1ccccc1. The number of benzene rings is 3. The topological polar surface area (TPSA) is 68.5 Å². The quantitative estimate of drug-likeness (QED) is 0.405. The second-order valence-corrected chi connectivity index (χ2v) is 7.71. The van der Waals surface area contributed by atoms with Gasteiger partial charge in [0, 0.05) is 29.2 Å². The number of nitrogens with zero attached hydrogens (tertiary/aromatic N) is 3. The van der Waals surface area contributed by atoms with E-state index in [4.69, 9.17) is 20.9 Å². The first-order chi connectivity index (χ1) is 15.2. The molecule has 1 fully saturated rings. The van der Waals surface area contributed by atoms with Crippen LogP contribution in [0.1, 0.15) is 18.2 Å². The van der Waals surface area contributed by atoms with Crippen molar-refractivity contribution in [2.24, 2.45) is 0 Å². The lowest BCUT2D eigenvalue weighted by molar-refractivity contribution is -0.117. The van der Waals surface area contributed by atoms with Gasteiger partial charge < -0.3 is 14.2 Å². The molecule has 4 aromatic rings. The van der Waals surface area contributed by atoms with E-state index in [0.29, 0.717) is 41.2 Å². The summed E-state index contributed by atoms with van der Waals surface area (Å²) in [7, 11) is 0. The van der Waals surface area contributed by atoms with Gasteiger partial charge in [-0.1, -0.05) is 35.0 Å². The molecule has 31 heavy (non-hydrogen) atoms. The van der Waals surface area contributed by atoms with Crippen molar-refractivity contribution < 1.29 is 14.1 Å². The minimum atomic E-state index is -0.124. The van der Waals surface area contributed by atoms with E-state index in [1.165, 1.54) is 0 Å². The average Bonchev–Trinajstić information content (AvgIpc) is 3.44. The first-order valence-corrected chi connectivity index (χ1v) is 10.3. The van der Waals surface area contributed by atoms with Crippen molar-refractivity contribution in [1.29, 1.82) is 0 Å². The van der Waals surface area contributed by atoms with Crippen molar-refractivity contribution in [3.05, 3.63) is 89.8 Å². The second kappa shape index (κ2) is 8.24. The van der Waals surface area contributed by atoms with Gasteiger partial charge in [-0.2, -0.15) is 4.98 Å². The Morgan fingerprint density at radius 3 is 2.32 bits per heavy atom. The summed E-state index contributed by atoms with van der Waals surface area (Å²) in [5, 5.41) is 4.76. The Labute approximate surface area is 184 Å². The normalized spacial score (nSPS) is 16.0. The van der Waals surface area contributed by atoms with Crippen LogP contribution in [-0.4, -0.2) is 22.6 Å². The number of ether oxygens (including phenoxy) is 1. The molecule has 0 bridgehead atoms. The number of rotatable bonds is 5. The lowest BCUT2D eigenvalue weighted by Crippen LogP contribution is -2.24. The van der Waals surface area contributed by atoms with Gasteiger partial charge in [0.25, 0.3) is 0 Å². The van der Waals surface area contributed by atoms with Crippen LogP contribution in [-0.2, 0) is 4.79 Å². The zero-order valence-electron chi connectivity index (χ0n) is 16.4. The molecule has 0 aliphatic carbocycles. The molecule has 1 aliphatic heterocycles. The fraction of sp³-hybridized carbons (Fsp3) is 0.125. The molecule has 1 saturated heterocycles. The third kappa shape index (κ3) is 4.15. The molecule has 1 atom stereocenters. The first-order valence-electron chi connectivity index (χ1n) is 9.88. The van der Waals surface area contributed by atoms with Crippen molar-refractivity contribution in [3.8, 4) is 22.9 Å². The number of carbonyl (C=O) groups is 1. The van der Waals surface area contributed by atoms with Crippen molar-refractivity contribution in [2.45, 2.75) is 12.3 Å². The van der Waals surface area contributed by atoms with Gasteiger partial charge in [0.15, 0.2) is 0 Å². The molecule has 3 aromatic carbocycles. The zero-order valence-corrected chi connectivity index (χ0v) is 17.2. The lowest BCUT2D eigenvalue weighted by Gasteiger charge is -2.15. The van der Waals surface area contributed by atoms with Crippen LogP contribution < -0.4 is 9.64 Å². The summed E-state index contributed by atoms with van der Waals surface area (Å²) in [6.07, 6.45) is 0.352. The predicted octanol–water partition coefficient (Wildman–Crippen LogP) is 5.70. The number of amides is 1. The summed E-state index contributed by atoms with van der Waals surface area (Å²) in [6.45, 7) is 0.526. The maximum Gasteiger partial charge on any atom is 0.232 e. The van der Waals surface area contributed by atoms with Gasteiger partial charge in [0.05, 0.1) is 5.92 Å². The van der Waals surface area contributed by atoms with Gasteiger partial charge in [-0.3, -0.25) is 4.79 Å². The molecule has 1 aliphatic rings. The van der Waals surface area contributed by atoms with Crippen LogP contribution in [0.3, 0.4) is 0 Å². The highest BCUT2D eigenvalue weighted by atomic mass is 35.5. The Bertz CT molecular complexity index is 1190. The van der Waals surface area contributed by atoms with Crippen LogP contribution in [0.15, 0.2) is 83.4 Å². The average molecular weight is 432 g/mol. The van der Waals surface area contributed by atoms with Gasteiger partial charge in [-0.15, -0.1) is 0 Å². The van der Waals surface area contributed by atoms with E-state index in [2.05, 4.69) is 10.1 Å². The molecule has 7 heteroatoms. The standard InChI is InChI=1S/C24H18ClN3O3/c25-18-8-12-21(13-9-18)30-20-10-6-16(7-11-20)23-26-24(31-27-23)17-14-22(29)28(15-17)19-4-2-1-3-5-19/h1-13,17H,14-15H2/t17-/m1/s1. The summed E-state index contributed by atoms with van der Waals surface area (Å²) >= 11 is 5.90. The second-order valence-electron chi connectivity index (χ2n) is 7.28. The largest absolute Gasteiger partial charge is 0.457 e. The summed E-state index contributed by atoms with van der Waals surface area (Å²) in [5.74, 6) is 2.28. The summed E-state index contributed by atoms with van der Waals surface area (Å²) in [4.78, 5) is 18.8. The number of halogens is 1. The van der Waals surface area contributed by atoms with E-state index in [9.17, 15) is 4.79 Å². The molecule has 0 spiro atoms. The molecule has 0 radical (unpaired) electrons. The zero-order chi connectivity index (χ0) is 21.2. The van der Waals surface area contributed by atoms with Gasteiger partial charge in [0.1, 0.15) is 11.5 Å². The Hall–Kier alpha value is -3.64. The molecule has 0 N–H and O–H groups in total. The first kappa shape index (κ1) is 19.3. The predicted molar refractivity (Wildman–Crippen MR) is 117 cm³/mol. The molecule has 2 heterocycles. The van der Waals surface area contributed by atoms with Crippen LogP contribution in [0.4, 0.5) is 5.69 Å². The third-order valence-electron chi connectivity index (χ3n) is 5.15. The smallest absolute Gasteiger partial charge is 0.232 e. The summed E-state index contributed by atoms with van der Waals surface area (Å²) < 4.78 is 11.3. The molecule has 1 aromatic heterocycles. The molecule has 0 unspecified atom stereocenters. The molecule has 6 nitrogen and oxygen atoms in total. The minimum Gasteiger partial charge on any atom is -0.457 e. The number of hydrogen-bond acceptors (Lipinski definition) is 5. The lowest BCUT2D eigenvalue weighted by atomic mass is 10.1. The third-order valence-corrected chi connectivity index (χ3v) is 5.40. The van der Waals surface area contributed by atoms with Crippen molar-refractivity contribution in [2.75, 3.05) is 11.4 Å². The van der Waals surface area contributed by atoms with E-state index in [0.717, 1.165) is 11.3 Å². The van der Waals surface area contributed by atoms with Crippen molar-refractivity contribution >= 4 is 23.2 Å². The Kier molecular flexibility index (Phi) is 5.14. The highest BCUT2D eigenvalue weighted by Gasteiger charge is 2.35. The van der Waals surface area contributed by atoms with E-state index in [1.54, 1.807) is 17.0 Å². The van der Waals surface area contributed by atoms with Gasteiger partial charge in [0.2, 0.25) is 17.6 Å². The van der Waals surface area contributed by atoms with Crippen LogP contribution in [0, 0.1) is 0 Å². The number of carbonyl (C=O) groups excluding carboxylic acids is 1. The number of hydrogen-bond donors (Lipinski definition) is 0. The highest BCUT2D eigenvalue weighted by molar-refractivity contribution is 6.30. The molecule has 0 saturated carbocycles. The molecule has 154 valence electrons. The Morgan fingerprint density at radius 1 is 0.935 bits per heavy atom. The Morgan fingerprint density at radius 2 is 1.61 bits per heavy atom. The van der Waals surface area contributed by atoms with E-state index in [1.807, 2.05) is 66.7 Å². The van der Waals surface area contributed by atoms with Gasteiger partial charge >= 0.3 is 0 Å².